The minimum absolute atomic E-state index is 0.0258. The van der Waals surface area contributed by atoms with E-state index in [4.69, 9.17) is 0 Å². The lowest BCUT2D eigenvalue weighted by Crippen LogP contribution is -2.32. The summed E-state index contributed by atoms with van der Waals surface area (Å²) in [5, 5.41) is 10.5. The molecule has 2 aromatic heterocycles. The van der Waals surface area contributed by atoms with Gasteiger partial charge >= 0.3 is 0 Å². The van der Waals surface area contributed by atoms with Crippen LogP contribution < -0.4 is 0 Å². The number of imidazole rings is 2. The van der Waals surface area contributed by atoms with Gasteiger partial charge in [0, 0.05) is 38.3 Å². The number of benzene rings is 1. The molecule has 2 N–H and O–H groups in total. The fraction of sp³-hybridized carbons (Fsp3) is 0.476. The van der Waals surface area contributed by atoms with Crippen LogP contribution in [0.5, 0.6) is 0 Å². The van der Waals surface area contributed by atoms with Gasteiger partial charge in [0.05, 0.1) is 29.5 Å². The van der Waals surface area contributed by atoms with E-state index < -0.39 is 6.10 Å². The van der Waals surface area contributed by atoms with E-state index in [1.54, 1.807) is 12.5 Å². The van der Waals surface area contributed by atoms with E-state index in [9.17, 15) is 9.90 Å². The zero-order chi connectivity index (χ0) is 19.7. The summed E-state index contributed by atoms with van der Waals surface area (Å²) in [6.07, 6.45) is 7.18. The van der Waals surface area contributed by atoms with Crippen LogP contribution in [-0.2, 0) is 11.2 Å². The summed E-state index contributed by atoms with van der Waals surface area (Å²) < 4.78 is 1.94. The van der Waals surface area contributed by atoms with Gasteiger partial charge in [0.25, 0.3) is 0 Å². The summed E-state index contributed by atoms with van der Waals surface area (Å²) in [6.45, 7) is 5.40. The highest BCUT2D eigenvalue weighted by molar-refractivity contribution is 5.78. The zero-order valence-electron chi connectivity index (χ0n) is 16.4. The van der Waals surface area contributed by atoms with Gasteiger partial charge in [-0.1, -0.05) is 0 Å². The monoisotopic (exact) mass is 381 g/mol. The largest absolute Gasteiger partial charge is 0.391 e. The third-order valence-corrected chi connectivity index (χ3v) is 5.82. The number of likely N-dealkylation sites (tertiary alicyclic amines) is 1. The molecule has 3 heterocycles. The fourth-order valence-electron chi connectivity index (χ4n) is 3.96. The maximum Gasteiger partial charge on any atom is 0.223 e. The number of H-pyrrole nitrogens is 1. The van der Waals surface area contributed by atoms with Crippen LogP contribution in [-0.4, -0.2) is 54.6 Å². The highest BCUT2D eigenvalue weighted by atomic mass is 16.3. The van der Waals surface area contributed by atoms with E-state index in [-0.39, 0.29) is 11.9 Å². The first-order valence-electron chi connectivity index (χ1n) is 9.90. The topological polar surface area (TPSA) is 87.0 Å². The fourth-order valence-corrected chi connectivity index (χ4v) is 3.96. The van der Waals surface area contributed by atoms with Crippen LogP contribution >= 0.6 is 0 Å². The summed E-state index contributed by atoms with van der Waals surface area (Å²) in [6, 6.07) is 4.16. The predicted octanol–water partition coefficient (Wildman–Crippen LogP) is 2.53. The van der Waals surface area contributed by atoms with Crippen molar-refractivity contribution < 1.29 is 9.90 Å². The molecule has 0 radical (unpaired) electrons. The first kappa shape index (κ1) is 18.7. The van der Waals surface area contributed by atoms with Crippen LogP contribution in [0.15, 0.2) is 30.9 Å². The molecule has 1 amide bonds. The van der Waals surface area contributed by atoms with Crippen molar-refractivity contribution in [2.45, 2.75) is 51.7 Å². The molecule has 7 nitrogen and oxygen atoms in total. The highest BCUT2D eigenvalue weighted by Gasteiger charge is 2.27. The third-order valence-electron chi connectivity index (χ3n) is 5.82. The van der Waals surface area contributed by atoms with E-state index in [1.165, 1.54) is 11.1 Å². The van der Waals surface area contributed by atoms with Gasteiger partial charge in [-0.05, 0) is 49.9 Å². The molecule has 1 aliphatic rings. The molecular formula is C21H27N5O2. The van der Waals surface area contributed by atoms with Crippen molar-refractivity contribution in [3.63, 3.8) is 0 Å². The Bertz CT molecular complexity index is 924. The summed E-state index contributed by atoms with van der Waals surface area (Å²) in [7, 11) is 0. The Hall–Kier alpha value is -2.67. The molecule has 7 heteroatoms. The number of hydrogen-bond donors (Lipinski definition) is 2. The number of nitrogens with zero attached hydrogens (tertiary/aromatic N) is 4. The number of aliphatic hydroxyl groups excluding tert-OH is 1. The molecule has 1 aliphatic heterocycles. The number of rotatable bonds is 4. The molecule has 28 heavy (non-hydrogen) atoms. The second kappa shape index (κ2) is 7.75. The minimum Gasteiger partial charge on any atom is -0.391 e. The van der Waals surface area contributed by atoms with Gasteiger partial charge in [-0.15, -0.1) is 0 Å². The van der Waals surface area contributed by atoms with Gasteiger partial charge in [0.15, 0.2) is 0 Å². The maximum absolute atomic E-state index is 12.7. The van der Waals surface area contributed by atoms with E-state index >= 15 is 0 Å². The average Bonchev–Trinajstić information content (AvgIpc) is 3.28. The molecule has 0 aliphatic carbocycles. The van der Waals surface area contributed by atoms with Gasteiger partial charge in [0.1, 0.15) is 5.82 Å². The number of carbonyl (C=O) groups is 1. The Morgan fingerprint density at radius 2 is 2.04 bits per heavy atom. The second-order valence-electron chi connectivity index (χ2n) is 7.74. The molecule has 0 spiro atoms. The second-order valence-corrected chi connectivity index (χ2v) is 7.74. The molecule has 1 saturated heterocycles. The van der Waals surface area contributed by atoms with Crippen molar-refractivity contribution in [2.75, 3.05) is 13.1 Å². The Balaban J connectivity index is 1.37. The Morgan fingerprint density at radius 1 is 1.25 bits per heavy atom. The van der Waals surface area contributed by atoms with Gasteiger partial charge in [-0.3, -0.25) is 4.79 Å². The number of amides is 1. The molecule has 0 bridgehead atoms. The van der Waals surface area contributed by atoms with Crippen LogP contribution in [0.3, 0.4) is 0 Å². The Morgan fingerprint density at radius 3 is 2.82 bits per heavy atom. The average molecular weight is 381 g/mol. The predicted molar refractivity (Wildman–Crippen MR) is 107 cm³/mol. The van der Waals surface area contributed by atoms with Crippen LogP contribution in [0.2, 0.25) is 0 Å². The van der Waals surface area contributed by atoms with Gasteiger partial charge in [0.2, 0.25) is 5.91 Å². The van der Waals surface area contributed by atoms with E-state index in [1.807, 2.05) is 15.7 Å². The molecule has 2 atom stereocenters. The lowest BCUT2D eigenvalue weighted by atomic mass is 10.1. The Kier molecular flexibility index (Phi) is 5.17. The number of hydrogen-bond acceptors (Lipinski definition) is 4. The maximum atomic E-state index is 12.7. The van der Waals surface area contributed by atoms with Crippen LogP contribution in [0.25, 0.3) is 11.0 Å². The van der Waals surface area contributed by atoms with Crippen LogP contribution in [0.1, 0.15) is 42.3 Å². The molecule has 4 rings (SSSR count). The molecule has 3 aromatic rings. The number of aliphatic hydroxyl groups is 1. The van der Waals surface area contributed by atoms with Crippen LogP contribution in [0, 0.1) is 13.8 Å². The quantitative estimate of drug-likeness (QED) is 0.727. The van der Waals surface area contributed by atoms with Crippen molar-refractivity contribution in [2.24, 2.45) is 0 Å². The van der Waals surface area contributed by atoms with E-state index in [0.29, 0.717) is 32.4 Å². The van der Waals surface area contributed by atoms with Crippen molar-refractivity contribution >= 4 is 16.9 Å². The lowest BCUT2D eigenvalue weighted by molar-refractivity contribution is -0.131. The molecule has 0 unspecified atom stereocenters. The third kappa shape index (κ3) is 3.80. The minimum atomic E-state index is -0.464. The molecule has 1 aromatic carbocycles. The molecule has 0 saturated carbocycles. The van der Waals surface area contributed by atoms with Crippen molar-refractivity contribution in [1.82, 2.24) is 24.4 Å². The molecule has 148 valence electrons. The first-order valence-corrected chi connectivity index (χ1v) is 9.90. The number of aromatic amines is 1. The van der Waals surface area contributed by atoms with Crippen molar-refractivity contribution in [3.05, 3.63) is 47.8 Å². The standard InChI is InChI=1S/C21H27N5O2/c1-14-11-16-17(12-15(14)2)24-20(23-16)3-4-21(28)25-8-5-18(19(27)6-9-25)26-10-7-22-13-26/h7,10-13,18-19,27H,3-6,8-9H2,1-2H3,(H,23,24)/t18-,19-/m0/s1. The smallest absolute Gasteiger partial charge is 0.223 e. The summed E-state index contributed by atoms with van der Waals surface area (Å²) in [5.41, 5.74) is 4.42. The molecule has 1 fully saturated rings. The Labute approximate surface area is 164 Å². The number of aromatic nitrogens is 4. The van der Waals surface area contributed by atoms with E-state index in [0.717, 1.165) is 23.3 Å². The number of fused-ring (bicyclic) bond motifs is 1. The van der Waals surface area contributed by atoms with Gasteiger partial charge < -0.3 is 19.6 Å². The number of nitrogens with one attached hydrogen (secondary N) is 1. The SMILES string of the molecule is Cc1cc2nc(CCC(=O)N3CC[C@H](O)[C@@H](n4ccnc4)CC3)[nH]c2cc1C. The van der Waals surface area contributed by atoms with E-state index in [2.05, 4.69) is 40.9 Å². The highest BCUT2D eigenvalue weighted by Crippen LogP contribution is 2.24. The molecular weight excluding hydrogens is 354 g/mol. The first-order chi connectivity index (χ1) is 13.5. The lowest BCUT2D eigenvalue weighted by Gasteiger charge is -2.21. The van der Waals surface area contributed by atoms with Gasteiger partial charge in [-0.25, -0.2) is 9.97 Å². The summed E-state index contributed by atoms with van der Waals surface area (Å²) in [5.74, 6) is 0.964. The zero-order valence-corrected chi connectivity index (χ0v) is 16.4. The van der Waals surface area contributed by atoms with Gasteiger partial charge in [-0.2, -0.15) is 0 Å². The number of aryl methyl sites for hydroxylation is 3. The number of carbonyl (C=O) groups excluding carboxylic acids is 1. The summed E-state index contributed by atoms with van der Waals surface area (Å²) >= 11 is 0. The normalized spacial score (nSPS) is 20.5. The van der Waals surface area contributed by atoms with Crippen molar-refractivity contribution in [1.29, 1.82) is 0 Å². The van der Waals surface area contributed by atoms with Crippen molar-refractivity contribution in [3.8, 4) is 0 Å². The van der Waals surface area contributed by atoms with Crippen LogP contribution in [0.4, 0.5) is 0 Å². The summed E-state index contributed by atoms with van der Waals surface area (Å²) in [4.78, 5) is 26.6.